The monoisotopic (exact) mass is 287 g/mol. The zero-order chi connectivity index (χ0) is 15.0. The van der Waals surface area contributed by atoms with E-state index in [1.54, 1.807) is 0 Å². The Morgan fingerprint density at radius 3 is 2.67 bits per heavy atom. The molecule has 0 saturated heterocycles. The van der Waals surface area contributed by atoms with E-state index in [-0.39, 0.29) is 11.5 Å². The minimum atomic E-state index is -0.928. The number of hydrogen-bond acceptors (Lipinski definition) is 2. The molecule has 0 radical (unpaired) electrons. The van der Waals surface area contributed by atoms with Gasteiger partial charge in [-0.25, -0.2) is 13.8 Å². The van der Waals surface area contributed by atoms with E-state index < -0.39 is 11.6 Å². The van der Waals surface area contributed by atoms with E-state index in [0.29, 0.717) is 5.52 Å². The van der Waals surface area contributed by atoms with Crippen LogP contribution in [-0.4, -0.2) is 9.55 Å². The molecule has 3 aromatic rings. The average molecular weight is 287 g/mol. The van der Waals surface area contributed by atoms with Gasteiger partial charge in [0.15, 0.2) is 11.6 Å². The highest BCUT2D eigenvalue weighted by Gasteiger charge is 2.18. The highest BCUT2D eigenvalue weighted by Crippen LogP contribution is 2.28. The van der Waals surface area contributed by atoms with Crippen molar-refractivity contribution in [3.05, 3.63) is 53.6 Å². The number of benzene rings is 2. The second-order valence-corrected chi connectivity index (χ2v) is 4.91. The van der Waals surface area contributed by atoms with Gasteiger partial charge in [-0.15, -0.1) is 0 Å². The Bertz CT molecular complexity index is 809. The Balaban J connectivity index is 2.35. The standard InChI is InChI=1S/C16H15F2N3/c1-2-5-10-6-3-4-7-13(10)21-15-12(20-16(21)19)9-8-11(17)14(15)18/h3-4,6-9H,2,5H2,1H3,(H2,19,20). The predicted octanol–water partition coefficient (Wildman–Crippen LogP) is 3.84. The molecule has 2 N–H and O–H groups in total. The molecule has 0 aliphatic carbocycles. The first-order valence-corrected chi connectivity index (χ1v) is 6.83. The SMILES string of the molecule is CCCc1ccccc1-n1c(N)nc2ccc(F)c(F)c21. The molecular formula is C16H15F2N3. The van der Waals surface area contributed by atoms with Gasteiger partial charge in [-0.2, -0.15) is 0 Å². The van der Waals surface area contributed by atoms with Crippen LogP contribution in [0.5, 0.6) is 0 Å². The average Bonchev–Trinajstić information content (AvgIpc) is 2.81. The van der Waals surface area contributed by atoms with Crippen molar-refractivity contribution in [1.29, 1.82) is 0 Å². The van der Waals surface area contributed by atoms with Crippen LogP contribution in [0, 0.1) is 11.6 Å². The zero-order valence-electron chi connectivity index (χ0n) is 11.6. The van der Waals surface area contributed by atoms with Crippen LogP contribution in [0.2, 0.25) is 0 Å². The fourth-order valence-electron chi connectivity index (χ4n) is 2.57. The smallest absolute Gasteiger partial charge is 0.206 e. The molecule has 2 aromatic carbocycles. The van der Waals surface area contributed by atoms with Crippen molar-refractivity contribution < 1.29 is 8.78 Å². The summed E-state index contributed by atoms with van der Waals surface area (Å²) in [6.07, 6.45) is 1.77. The lowest BCUT2D eigenvalue weighted by Crippen LogP contribution is -2.05. The van der Waals surface area contributed by atoms with Crippen LogP contribution in [0.1, 0.15) is 18.9 Å². The normalized spacial score (nSPS) is 11.2. The quantitative estimate of drug-likeness (QED) is 0.795. The van der Waals surface area contributed by atoms with Gasteiger partial charge in [-0.05, 0) is 30.2 Å². The first-order valence-electron chi connectivity index (χ1n) is 6.83. The molecule has 0 bridgehead atoms. The summed E-state index contributed by atoms with van der Waals surface area (Å²) in [5.41, 5.74) is 8.12. The van der Waals surface area contributed by atoms with E-state index in [2.05, 4.69) is 11.9 Å². The molecule has 0 aliphatic heterocycles. The second-order valence-electron chi connectivity index (χ2n) is 4.91. The van der Waals surface area contributed by atoms with Crippen molar-refractivity contribution in [1.82, 2.24) is 9.55 Å². The fourth-order valence-corrected chi connectivity index (χ4v) is 2.57. The number of nitrogen functional groups attached to an aromatic ring is 1. The molecule has 0 amide bonds. The number of nitrogens with two attached hydrogens (primary N) is 1. The maximum atomic E-state index is 14.2. The second kappa shape index (κ2) is 5.16. The van der Waals surface area contributed by atoms with Crippen LogP contribution in [0.4, 0.5) is 14.7 Å². The van der Waals surface area contributed by atoms with Crippen LogP contribution in [0.15, 0.2) is 36.4 Å². The molecule has 3 nitrogen and oxygen atoms in total. The third kappa shape index (κ3) is 2.14. The van der Waals surface area contributed by atoms with Crippen molar-refractivity contribution in [2.45, 2.75) is 19.8 Å². The fraction of sp³-hybridized carbons (Fsp3) is 0.188. The van der Waals surface area contributed by atoms with E-state index in [0.717, 1.165) is 30.2 Å². The Kier molecular flexibility index (Phi) is 3.33. The molecule has 21 heavy (non-hydrogen) atoms. The van der Waals surface area contributed by atoms with Gasteiger partial charge in [0.25, 0.3) is 0 Å². The third-order valence-electron chi connectivity index (χ3n) is 3.49. The molecule has 108 valence electrons. The number of fused-ring (bicyclic) bond motifs is 1. The number of imidazole rings is 1. The van der Waals surface area contributed by atoms with Crippen molar-refractivity contribution in [3.8, 4) is 5.69 Å². The largest absolute Gasteiger partial charge is 0.369 e. The van der Waals surface area contributed by atoms with Crippen molar-refractivity contribution >= 4 is 17.0 Å². The third-order valence-corrected chi connectivity index (χ3v) is 3.49. The first kappa shape index (κ1) is 13.5. The van der Waals surface area contributed by atoms with Crippen LogP contribution in [-0.2, 0) is 6.42 Å². The minimum Gasteiger partial charge on any atom is -0.369 e. The van der Waals surface area contributed by atoms with Gasteiger partial charge in [0.2, 0.25) is 5.95 Å². The Hall–Kier alpha value is -2.43. The molecule has 0 saturated carbocycles. The summed E-state index contributed by atoms with van der Waals surface area (Å²) in [5, 5.41) is 0. The number of aromatic nitrogens is 2. The lowest BCUT2D eigenvalue weighted by molar-refractivity contribution is 0.514. The molecule has 3 rings (SSSR count). The highest BCUT2D eigenvalue weighted by atomic mass is 19.2. The summed E-state index contributed by atoms with van der Waals surface area (Å²) in [6.45, 7) is 2.06. The van der Waals surface area contributed by atoms with Crippen molar-refractivity contribution in [2.24, 2.45) is 0 Å². The summed E-state index contributed by atoms with van der Waals surface area (Å²) < 4.78 is 29.2. The topological polar surface area (TPSA) is 43.8 Å². The minimum absolute atomic E-state index is 0.0797. The van der Waals surface area contributed by atoms with Gasteiger partial charge >= 0.3 is 0 Å². The Morgan fingerprint density at radius 2 is 1.90 bits per heavy atom. The van der Waals surface area contributed by atoms with Crippen LogP contribution in [0.25, 0.3) is 16.7 Å². The number of halogens is 2. The van der Waals surface area contributed by atoms with Gasteiger partial charge in [-0.1, -0.05) is 31.5 Å². The van der Waals surface area contributed by atoms with Gasteiger partial charge in [0, 0.05) is 0 Å². The number of aryl methyl sites for hydroxylation is 1. The number of nitrogens with zero attached hydrogens (tertiary/aromatic N) is 2. The molecule has 1 aromatic heterocycles. The van der Waals surface area contributed by atoms with Gasteiger partial charge in [0.05, 0.1) is 11.2 Å². The Labute approximate surface area is 121 Å². The molecule has 0 spiro atoms. The number of rotatable bonds is 3. The van der Waals surface area contributed by atoms with Crippen molar-refractivity contribution in [3.63, 3.8) is 0 Å². The highest BCUT2D eigenvalue weighted by molar-refractivity contribution is 5.82. The lowest BCUT2D eigenvalue weighted by Gasteiger charge is -2.12. The van der Waals surface area contributed by atoms with E-state index >= 15 is 0 Å². The van der Waals surface area contributed by atoms with Crippen LogP contribution in [0.3, 0.4) is 0 Å². The predicted molar refractivity (Wildman–Crippen MR) is 79.4 cm³/mol. The van der Waals surface area contributed by atoms with E-state index in [1.165, 1.54) is 10.6 Å². The Morgan fingerprint density at radius 1 is 1.14 bits per heavy atom. The molecular weight excluding hydrogens is 272 g/mol. The van der Waals surface area contributed by atoms with Crippen LogP contribution >= 0.6 is 0 Å². The molecule has 0 aliphatic rings. The van der Waals surface area contributed by atoms with E-state index in [1.807, 2.05) is 24.3 Å². The molecule has 1 heterocycles. The van der Waals surface area contributed by atoms with Gasteiger partial charge in [-0.3, -0.25) is 4.57 Å². The first-order chi connectivity index (χ1) is 10.1. The maximum Gasteiger partial charge on any atom is 0.206 e. The zero-order valence-corrected chi connectivity index (χ0v) is 11.6. The number of anilines is 1. The molecule has 0 unspecified atom stereocenters. The van der Waals surface area contributed by atoms with Gasteiger partial charge < -0.3 is 5.73 Å². The molecule has 5 heteroatoms. The summed E-state index contributed by atoms with van der Waals surface area (Å²) in [6, 6.07) is 10.1. The maximum absolute atomic E-state index is 14.2. The molecule has 0 atom stereocenters. The lowest BCUT2D eigenvalue weighted by atomic mass is 10.1. The summed E-state index contributed by atoms with van der Waals surface area (Å²) in [5.74, 6) is -1.68. The number of para-hydroxylation sites is 1. The molecule has 0 fully saturated rings. The summed E-state index contributed by atoms with van der Waals surface area (Å²) in [4.78, 5) is 4.13. The van der Waals surface area contributed by atoms with E-state index in [4.69, 9.17) is 5.73 Å². The summed E-state index contributed by atoms with van der Waals surface area (Å²) >= 11 is 0. The van der Waals surface area contributed by atoms with Crippen molar-refractivity contribution in [2.75, 3.05) is 5.73 Å². The van der Waals surface area contributed by atoms with Gasteiger partial charge in [0.1, 0.15) is 5.52 Å². The number of hydrogen-bond donors (Lipinski definition) is 1. The van der Waals surface area contributed by atoms with Crippen LogP contribution < -0.4 is 5.73 Å². The van der Waals surface area contributed by atoms with E-state index in [9.17, 15) is 8.78 Å². The summed E-state index contributed by atoms with van der Waals surface area (Å²) in [7, 11) is 0.